The van der Waals surface area contributed by atoms with Gasteiger partial charge >= 0.3 is 5.97 Å². The first-order valence-corrected chi connectivity index (χ1v) is 10.7. The fourth-order valence-corrected chi connectivity index (χ4v) is 4.48. The quantitative estimate of drug-likeness (QED) is 0.713. The normalized spacial score (nSPS) is 19.8. The van der Waals surface area contributed by atoms with Gasteiger partial charge in [-0.15, -0.1) is 11.3 Å². The molecule has 2 N–H and O–H groups in total. The van der Waals surface area contributed by atoms with Crippen LogP contribution in [0.5, 0.6) is 0 Å². The third-order valence-corrected chi connectivity index (χ3v) is 6.25. The molecule has 1 aliphatic rings. The maximum absolute atomic E-state index is 13.3. The SMILES string of the molecule is CC1CCC(C(=O)N(c2sc(C#CC(C)(C)CO)cc2C(=O)O)C(C)C)CC1. The lowest BCUT2D eigenvalue weighted by Gasteiger charge is -2.33. The van der Waals surface area contributed by atoms with E-state index < -0.39 is 11.4 Å². The lowest BCUT2D eigenvalue weighted by Crippen LogP contribution is -2.42. The van der Waals surface area contributed by atoms with Gasteiger partial charge in [-0.1, -0.05) is 18.8 Å². The Hall–Kier alpha value is -1.84. The minimum atomic E-state index is -1.06. The Morgan fingerprint density at radius 1 is 1.29 bits per heavy atom. The molecule has 0 aromatic carbocycles. The molecule has 28 heavy (non-hydrogen) atoms. The van der Waals surface area contributed by atoms with Crippen LogP contribution in [0.15, 0.2) is 6.07 Å². The molecular formula is C22H31NO4S. The number of carboxylic acids is 1. The molecule has 154 valence electrons. The molecule has 2 rings (SSSR count). The van der Waals surface area contributed by atoms with E-state index in [1.807, 2.05) is 27.7 Å². The third kappa shape index (κ3) is 5.36. The van der Waals surface area contributed by atoms with Crippen molar-refractivity contribution in [1.29, 1.82) is 0 Å². The zero-order chi connectivity index (χ0) is 21.1. The molecule has 1 aromatic heterocycles. The van der Waals surface area contributed by atoms with Crippen molar-refractivity contribution in [2.24, 2.45) is 17.3 Å². The van der Waals surface area contributed by atoms with Crippen molar-refractivity contribution in [2.45, 2.75) is 66.3 Å². The maximum atomic E-state index is 13.3. The van der Waals surface area contributed by atoms with Gasteiger partial charge in [0.1, 0.15) is 5.00 Å². The van der Waals surface area contributed by atoms with Crippen LogP contribution in [0.4, 0.5) is 5.00 Å². The van der Waals surface area contributed by atoms with E-state index in [1.165, 1.54) is 17.4 Å². The van der Waals surface area contributed by atoms with Gasteiger partial charge in [-0.2, -0.15) is 0 Å². The average molecular weight is 406 g/mol. The molecule has 1 heterocycles. The monoisotopic (exact) mass is 405 g/mol. The van der Waals surface area contributed by atoms with Crippen molar-refractivity contribution >= 4 is 28.2 Å². The lowest BCUT2D eigenvalue weighted by molar-refractivity contribution is -0.123. The second-order valence-corrected chi connectivity index (χ2v) is 9.72. The summed E-state index contributed by atoms with van der Waals surface area (Å²) in [4.78, 5) is 27.3. The molecule has 1 saturated carbocycles. The van der Waals surface area contributed by atoms with E-state index in [0.717, 1.165) is 25.7 Å². The molecule has 1 amide bonds. The number of anilines is 1. The van der Waals surface area contributed by atoms with Crippen molar-refractivity contribution in [3.8, 4) is 11.8 Å². The van der Waals surface area contributed by atoms with Gasteiger partial charge in [0.2, 0.25) is 5.91 Å². The van der Waals surface area contributed by atoms with Crippen LogP contribution in [0.2, 0.25) is 0 Å². The van der Waals surface area contributed by atoms with Gasteiger partial charge in [-0.05, 0) is 65.4 Å². The summed E-state index contributed by atoms with van der Waals surface area (Å²) in [7, 11) is 0. The highest BCUT2D eigenvalue weighted by Gasteiger charge is 2.33. The molecule has 0 atom stereocenters. The number of aliphatic hydroxyl groups excluding tert-OH is 1. The van der Waals surface area contributed by atoms with E-state index in [-0.39, 0.29) is 30.0 Å². The van der Waals surface area contributed by atoms with Crippen LogP contribution in [0, 0.1) is 29.1 Å². The lowest BCUT2D eigenvalue weighted by atomic mass is 9.82. The summed E-state index contributed by atoms with van der Waals surface area (Å²) in [5.74, 6) is 5.51. The summed E-state index contributed by atoms with van der Waals surface area (Å²) in [5, 5.41) is 19.5. The first-order chi connectivity index (χ1) is 13.1. The van der Waals surface area contributed by atoms with Gasteiger partial charge in [-0.3, -0.25) is 4.79 Å². The van der Waals surface area contributed by atoms with Gasteiger partial charge in [0.25, 0.3) is 0 Å². The average Bonchev–Trinajstić information content (AvgIpc) is 3.04. The molecule has 5 nitrogen and oxygen atoms in total. The number of carboxylic acid groups (broad SMARTS) is 1. The Morgan fingerprint density at radius 2 is 1.89 bits per heavy atom. The maximum Gasteiger partial charge on any atom is 0.338 e. The molecule has 6 heteroatoms. The molecule has 0 aliphatic heterocycles. The van der Waals surface area contributed by atoms with Crippen molar-refractivity contribution in [1.82, 2.24) is 0 Å². The fraction of sp³-hybridized carbons (Fsp3) is 0.636. The van der Waals surface area contributed by atoms with Crippen LogP contribution >= 0.6 is 11.3 Å². The zero-order valence-electron chi connectivity index (χ0n) is 17.4. The smallest absolute Gasteiger partial charge is 0.338 e. The van der Waals surface area contributed by atoms with Crippen LogP contribution in [-0.2, 0) is 4.79 Å². The number of nitrogens with zero attached hydrogens (tertiary/aromatic N) is 1. The number of amides is 1. The van der Waals surface area contributed by atoms with Gasteiger partial charge in [0.05, 0.1) is 17.0 Å². The summed E-state index contributed by atoms with van der Waals surface area (Å²) in [6.07, 6.45) is 3.78. The highest BCUT2D eigenvalue weighted by molar-refractivity contribution is 7.17. The van der Waals surface area contributed by atoms with Crippen LogP contribution < -0.4 is 4.90 Å². The molecule has 1 fully saturated rings. The Balaban J connectivity index is 2.40. The van der Waals surface area contributed by atoms with Crippen molar-refractivity contribution in [3.05, 3.63) is 16.5 Å². The summed E-state index contributed by atoms with van der Waals surface area (Å²) in [6, 6.07) is 1.40. The molecular weight excluding hydrogens is 374 g/mol. The van der Waals surface area contributed by atoms with E-state index in [4.69, 9.17) is 0 Å². The summed E-state index contributed by atoms with van der Waals surface area (Å²) >= 11 is 1.24. The number of aliphatic hydroxyl groups is 1. The van der Waals surface area contributed by atoms with Crippen molar-refractivity contribution in [3.63, 3.8) is 0 Å². The molecule has 0 unspecified atom stereocenters. The van der Waals surface area contributed by atoms with E-state index in [9.17, 15) is 19.8 Å². The van der Waals surface area contributed by atoms with Crippen LogP contribution in [0.3, 0.4) is 0 Å². The van der Waals surface area contributed by atoms with E-state index in [2.05, 4.69) is 18.8 Å². The highest BCUT2D eigenvalue weighted by atomic mass is 32.1. The number of carbonyl (C=O) groups excluding carboxylic acids is 1. The molecule has 1 aromatic rings. The number of aromatic carboxylic acids is 1. The topological polar surface area (TPSA) is 77.8 Å². The van der Waals surface area contributed by atoms with Crippen molar-refractivity contribution in [2.75, 3.05) is 11.5 Å². The predicted octanol–water partition coefficient (Wildman–Crippen LogP) is 4.38. The highest BCUT2D eigenvalue weighted by Crippen LogP contribution is 2.37. The minimum absolute atomic E-state index is 0.0152. The zero-order valence-corrected chi connectivity index (χ0v) is 18.2. The van der Waals surface area contributed by atoms with Crippen LogP contribution in [-0.4, -0.2) is 34.7 Å². The second-order valence-electron chi connectivity index (χ2n) is 8.69. The van der Waals surface area contributed by atoms with Crippen LogP contribution in [0.25, 0.3) is 0 Å². The van der Waals surface area contributed by atoms with Gasteiger partial charge in [0.15, 0.2) is 0 Å². The molecule has 0 bridgehead atoms. The summed E-state index contributed by atoms with van der Waals surface area (Å²) in [6.45, 7) is 9.59. The number of hydrogen-bond donors (Lipinski definition) is 2. The Labute approximate surface area is 171 Å². The summed E-state index contributed by atoms with van der Waals surface area (Å²) < 4.78 is 0. The Kier molecular flexibility index (Phi) is 7.30. The first kappa shape index (κ1) is 22.4. The molecule has 0 radical (unpaired) electrons. The Morgan fingerprint density at radius 3 is 2.39 bits per heavy atom. The van der Waals surface area contributed by atoms with Crippen molar-refractivity contribution < 1.29 is 19.8 Å². The third-order valence-electron chi connectivity index (χ3n) is 5.20. The van der Waals surface area contributed by atoms with E-state index in [0.29, 0.717) is 15.8 Å². The van der Waals surface area contributed by atoms with Crippen LogP contribution in [0.1, 0.15) is 75.5 Å². The largest absolute Gasteiger partial charge is 0.478 e. The number of rotatable bonds is 5. The van der Waals surface area contributed by atoms with E-state index in [1.54, 1.807) is 4.90 Å². The Bertz CT molecular complexity index is 776. The molecule has 0 saturated heterocycles. The predicted molar refractivity (Wildman–Crippen MR) is 113 cm³/mol. The summed E-state index contributed by atoms with van der Waals surface area (Å²) in [5.41, 5.74) is -0.456. The van der Waals surface area contributed by atoms with Gasteiger partial charge in [0, 0.05) is 17.4 Å². The minimum Gasteiger partial charge on any atom is -0.478 e. The van der Waals surface area contributed by atoms with Gasteiger partial charge in [-0.25, -0.2) is 4.79 Å². The first-order valence-electron chi connectivity index (χ1n) is 9.90. The fourth-order valence-electron chi connectivity index (χ4n) is 3.34. The molecule has 1 aliphatic carbocycles. The standard InChI is InChI=1S/C22H31NO4S/c1-14(2)23(19(25)16-8-6-15(3)7-9-16)20-18(21(26)27)12-17(28-20)10-11-22(4,5)13-24/h12,14-16,24H,6-9,13H2,1-5H3,(H,26,27). The number of hydrogen-bond acceptors (Lipinski definition) is 4. The molecule has 0 spiro atoms. The second kappa shape index (κ2) is 9.11. The van der Waals surface area contributed by atoms with Gasteiger partial charge < -0.3 is 15.1 Å². The number of carbonyl (C=O) groups is 2. The van der Waals surface area contributed by atoms with E-state index >= 15 is 0 Å². The number of thiophene rings is 1.